The molecule has 0 aromatic rings. The van der Waals surface area contributed by atoms with E-state index in [2.05, 4.69) is 33.8 Å². The van der Waals surface area contributed by atoms with Crippen molar-refractivity contribution in [3.63, 3.8) is 0 Å². The van der Waals surface area contributed by atoms with Gasteiger partial charge in [0.25, 0.3) is 0 Å². The number of nitrogens with two attached hydrogens (primary N) is 2. The molecular weight excluding hydrogens is 530 g/mol. The van der Waals surface area contributed by atoms with Crippen LogP contribution in [0.2, 0.25) is 0 Å². The number of allylic oxidation sites excluding steroid dienone is 1. The van der Waals surface area contributed by atoms with Gasteiger partial charge in [0.05, 0.1) is 0 Å². The van der Waals surface area contributed by atoms with Crippen LogP contribution in [-0.4, -0.2) is 41.3 Å². The van der Waals surface area contributed by atoms with Gasteiger partial charge in [-0.2, -0.15) is 0 Å². The predicted octanol–water partition coefficient (Wildman–Crippen LogP) is 9.23. The molecule has 4 N–H and O–H groups in total. The molecule has 0 aromatic heterocycles. The van der Waals surface area contributed by atoms with Gasteiger partial charge in [-0.1, -0.05) is 58.6 Å². The molecule has 3 fully saturated rings. The standard InChI is InChI=1S/C38H69N3O2/c1-27(2)12-9-10-13-28-15-17-32-31-16-14-29-26-30(18-21-38(29,8)33(31)19-22-37(28,32)7)43-34(42)41(25-23-36(5,6)40)24-11-20-35(3,4)39/h14,27-28,30-33H,9-13,15-26,39-40H2,1-8H3. The van der Waals surface area contributed by atoms with Gasteiger partial charge in [-0.25, -0.2) is 4.79 Å². The lowest BCUT2D eigenvalue weighted by atomic mass is 9.47. The summed E-state index contributed by atoms with van der Waals surface area (Å²) in [7, 11) is 0. The SMILES string of the molecule is CC(C)CCCCC1CCC2C3CC=C4CC(OC(=O)N(CCCC(C)(C)N)CCC(C)(C)N)CCC4(C)C3CCC12C. The van der Waals surface area contributed by atoms with Gasteiger partial charge >= 0.3 is 6.09 Å². The van der Waals surface area contributed by atoms with Crippen molar-refractivity contribution >= 4 is 6.09 Å². The minimum Gasteiger partial charge on any atom is -0.446 e. The molecule has 0 spiro atoms. The van der Waals surface area contributed by atoms with Gasteiger partial charge in [-0.05, 0) is 139 Å². The number of rotatable bonds is 13. The zero-order chi connectivity index (χ0) is 31.6. The predicted molar refractivity (Wildman–Crippen MR) is 181 cm³/mol. The summed E-state index contributed by atoms with van der Waals surface area (Å²) in [5, 5.41) is 0. The minimum absolute atomic E-state index is 0.0155. The van der Waals surface area contributed by atoms with Gasteiger partial charge < -0.3 is 21.1 Å². The zero-order valence-electron chi connectivity index (χ0n) is 29.5. The maximum Gasteiger partial charge on any atom is 0.410 e. The summed E-state index contributed by atoms with van der Waals surface area (Å²) in [6.07, 6.45) is 20.6. The van der Waals surface area contributed by atoms with E-state index in [9.17, 15) is 4.79 Å². The quantitative estimate of drug-likeness (QED) is 0.163. The van der Waals surface area contributed by atoms with Gasteiger partial charge in [0.15, 0.2) is 0 Å². The molecule has 7 unspecified atom stereocenters. The number of ether oxygens (including phenoxy) is 1. The number of carbonyl (C=O) groups excluding carboxylic acids is 1. The monoisotopic (exact) mass is 600 g/mol. The molecule has 0 radical (unpaired) electrons. The molecule has 0 heterocycles. The largest absolute Gasteiger partial charge is 0.446 e. The Labute approximate surface area is 265 Å². The fourth-order valence-corrected chi connectivity index (χ4v) is 9.91. The fraction of sp³-hybridized carbons (Fsp3) is 0.921. The Hall–Kier alpha value is -1.07. The van der Waals surface area contributed by atoms with Crippen molar-refractivity contribution in [2.24, 2.45) is 51.9 Å². The first-order valence-corrected chi connectivity index (χ1v) is 18.2. The molecule has 7 atom stereocenters. The molecule has 0 saturated heterocycles. The van der Waals surface area contributed by atoms with Crippen molar-refractivity contribution < 1.29 is 9.53 Å². The highest BCUT2D eigenvalue weighted by Crippen LogP contribution is 2.66. The Morgan fingerprint density at radius 2 is 1.67 bits per heavy atom. The second-order valence-electron chi connectivity index (χ2n) is 17.8. The Kier molecular flexibility index (Phi) is 11.1. The average Bonchev–Trinajstić information content (AvgIpc) is 3.23. The van der Waals surface area contributed by atoms with Crippen LogP contribution < -0.4 is 11.5 Å². The second kappa shape index (κ2) is 13.7. The van der Waals surface area contributed by atoms with Crippen LogP contribution in [0.1, 0.15) is 152 Å². The minimum atomic E-state index is -0.315. The lowest BCUT2D eigenvalue weighted by molar-refractivity contribution is -0.0534. The third-order valence-corrected chi connectivity index (χ3v) is 12.6. The second-order valence-corrected chi connectivity index (χ2v) is 17.8. The fourth-order valence-electron chi connectivity index (χ4n) is 9.91. The normalized spacial score (nSPS) is 34.3. The molecule has 3 saturated carbocycles. The molecule has 0 aromatic carbocycles. The topological polar surface area (TPSA) is 81.6 Å². The molecule has 5 heteroatoms. The van der Waals surface area contributed by atoms with Crippen molar-refractivity contribution in [1.29, 1.82) is 0 Å². The summed E-state index contributed by atoms with van der Waals surface area (Å²) in [5.74, 6) is 4.30. The Balaban J connectivity index is 1.36. The number of unbranched alkanes of at least 4 members (excludes halogenated alkanes) is 1. The van der Waals surface area contributed by atoms with E-state index in [-0.39, 0.29) is 28.7 Å². The van der Waals surface area contributed by atoms with Crippen molar-refractivity contribution in [2.45, 2.75) is 169 Å². The number of hydrogen-bond donors (Lipinski definition) is 2. The number of fused-ring (bicyclic) bond motifs is 5. The van der Waals surface area contributed by atoms with Crippen LogP contribution >= 0.6 is 0 Å². The van der Waals surface area contributed by atoms with Crippen LogP contribution in [0, 0.1) is 40.4 Å². The molecule has 4 rings (SSSR count). The lowest BCUT2D eigenvalue weighted by Gasteiger charge is -2.58. The number of carbonyl (C=O) groups is 1. The highest BCUT2D eigenvalue weighted by atomic mass is 16.6. The van der Waals surface area contributed by atoms with E-state index in [4.69, 9.17) is 16.2 Å². The van der Waals surface area contributed by atoms with Crippen molar-refractivity contribution in [3.8, 4) is 0 Å². The molecule has 1 amide bonds. The summed E-state index contributed by atoms with van der Waals surface area (Å²) >= 11 is 0. The van der Waals surface area contributed by atoms with Gasteiger partial charge in [0, 0.05) is 30.6 Å². The van der Waals surface area contributed by atoms with Crippen molar-refractivity contribution in [2.75, 3.05) is 13.1 Å². The van der Waals surface area contributed by atoms with Crippen LogP contribution in [0.5, 0.6) is 0 Å². The molecule has 4 aliphatic carbocycles. The summed E-state index contributed by atoms with van der Waals surface area (Å²) in [5.41, 5.74) is 14.4. The van der Waals surface area contributed by atoms with E-state index in [1.54, 1.807) is 5.57 Å². The van der Waals surface area contributed by atoms with Crippen LogP contribution in [0.4, 0.5) is 4.79 Å². The first-order chi connectivity index (χ1) is 20.0. The van der Waals surface area contributed by atoms with Crippen LogP contribution in [0.15, 0.2) is 11.6 Å². The van der Waals surface area contributed by atoms with E-state index in [1.165, 1.54) is 57.8 Å². The first-order valence-electron chi connectivity index (χ1n) is 18.2. The molecule has 4 aliphatic rings. The maximum atomic E-state index is 13.5. The Morgan fingerprint density at radius 1 is 0.953 bits per heavy atom. The Bertz CT molecular complexity index is 961. The van der Waals surface area contributed by atoms with E-state index in [0.29, 0.717) is 18.5 Å². The number of nitrogens with zero attached hydrogens (tertiary/aromatic N) is 1. The third-order valence-electron chi connectivity index (χ3n) is 12.6. The van der Waals surface area contributed by atoms with Gasteiger partial charge in [0.1, 0.15) is 6.10 Å². The van der Waals surface area contributed by atoms with Gasteiger partial charge in [0.2, 0.25) is 0 Å². The molecule has 0 aliphatic heterocycles. The third kappa shape index (κ3) is 8.60. The zero-order valence-corrected chi connectivity index (χ0v) is 29.5. The van der Waals surface area contributed by atoms with Crippen molar-refractivity contribution in [3.05, 3.63) is 11.6 Å². The van der Waals surface area contributed by atoms with Crippen LogP contribution in [0.25, 0.3) is 0 Å². The maximum absolute atomic E-state index is 13.5. The average molecular weight is 600 g/mol. The van der Waals surface area contributed by atoms with E-state index in [0.717, 1.165) is 68.1 Å². The summed E-state index contributed by atoms with van der Waals surface area (Å²) < 4.78 is 6.27. The first kappa shape index (κ1) is 34.8. The molecule has 43 heavy (non-hydrogen) atoms. The molecular formula is C38H69N3O2. The van der Waals surface area contributed by atoms with Gasteiger partial charge in [-0.3, -0.25) is 0 Å². The highest BCUT2D eigenvalue weighted by molar-refractivity contribution is 5.68. The van der Waals surface area contributed by atoms with Crippen LogP contribution in [-0.2, 0) is 4.74 Å². The van der Waals surface area contributed by atoms with E-state index < -0.39 is 0 Å². The highest BCUT2D eigenvalue weighted by Gasteiger charge is 2.58. The summed E-state index contributed by atoms with van der Waals surface area (Å²) in [4.78, 5) is 15.4. The molecule has 248 valence electrons. The van der Waals surface area contributed by atoms with E-state index in [1.807, 2.05) is 32.6 Å². The number of amides is 1. The smallest absolute Gasteiger partial charge is 0.410 e. The summed E-state index contributed by atoms with van der Waals surface area (Å²) in [6.45, 7) is 19.4. The summed E-state index contributed by atoms with van der Waals surface area (Å²) in [6, 6.07) is 0. The lowest BCUT2D eigenvalue weighted by Crippen LogP contribution is -2.50. The molecule has 5 nitrogen and oxygen atoms in total. The van der Waals surface area contributed by atoms with E-state index >= 15 is 0 Å². The Morgan fingerprint density at radius 3 is 2.35 bits per heavy atom. The van der Waals surface area contributed by atoms with Crippen molar-refractivity contribution in [1.82, 2.24) is 4.90 Å². The van der Waals surface area contributed by atoms with Crippen LogP contribution in [0.3, 0.4) is 0 Å². The number of hydrogen-bond acceptors (Lipinski definition) is 4. The molecule has 0 bridgehead atoms. The van der Waals surface area contributed by atoms with Gasteiger partial charge in [-0.15, -0.1) is 0 Å².